The van der Waals surface area contributed by atoms with Crippen molar-refractivity contribution in [3.8, 4) is 5.75 Å². The molecule has 4 nitrogen and oxygen atoms in total. The molecule has 94 valence electrons. The number of hydrogen-bond acceptors (Lipinski definition) is 6. The highest BCUT2D eigenvalue weighted by molar-refractivity contribution is 8.01. The molecule has 0 radical (unpaired) electrons. The number of rotatable bonds is 6. The monoisotopic (exact) mass is 281 g/mol. The maximum Gasteiger partial charge on any atom is 0.488 e. The smallest absolute Gasteiger partial charge is 0.488 e. The van der Waals surface area contributed by atoms with Gasteiger partial charge in [0.05, 0.1) is 6.61 Å². The Bertz CT molecular complexity index is 479. The van der Waals surface area contributed by atoms with Gasteiger partial charge in [-0.2, -0.15) is 0 Å². The molecule has 1 heterocycles. The molecule has 0 saturated heterocycles. The molecule has 18 heavy (non-hydrogen) atoms. The minimum atomic E-state index is -1.46. The summed E-state index contributed by atoms with van der Waals surface area (Å²) in [6, 6.07) is 6.79. The Kier molecular flexibility index (Phi) is 5.06. The van der Waals surface area contributed by atoms with Crippen molar-refractivity contribution in [1.82, 2.24) is 4.98 Å². The maximum atomic E-state index is 9.03. The van der Waals surface area contributed by atoms with Crippen LogP contribution in [-0.4, -0.2) is 34.5 Å². The lowest BCUT2D eigenvalue weighted by Gasteiger charge is -2.07. The van der Waals surface area contributed by atoms with Crippen LogP contribution in [0.15, 0.2) is 40.2 Å². The van der Waals surface area contributed by atoms with E-state index in [-0.39, 0.29) is 0 Å². The second-order valence-corrected chi connectivity index (χ2v) is 5.68. The van der Waals surface area contributed by atoms with E-state index in [0.717, 1.165) is 10.1 Å². The van der Waals surface area contributed by atoms with Gasteiger partial charge in [-0.1, -0.05) is 23.9 Å². The first kappa shape index (κ1) is 13.4. The van der Waals surface area contributed by atoms with E-state index in [9.17, 15) is 0 Å². The second kappa shape index (κ2) is 6.79. The average molecular weight is 281 g/mol. The van der Waals surface area contributed by atoms with Crippen molar-refractivity contribution in [2.24, 2.45) is 0 Å². The Hall–Kier alpha value is -1.02. The molecule has 0 aliphatic rings. The van der Waals surface area contributed by atoms with Crippen LogP contribution in [0.4, 0.5) is 0 Å². The van der Waals surface area contributed by atoms with Crippen molar-refractivity contribution in [3.05, 3.63) is 35.8 Å². The van der Waals surface area contributed by atoms with Gasteiger partial charge >= 0.3 is 7.12 Å². The van der Waals surface area contributed by atoms with Gasteiger partial charge in [-0.25, -0.2) is 4.98 Å². The van der Waals surface area contributed by atoms with Gasteiger partial charge in [0.2, 0.25) is 0 Å². The van der Waals surface area contributed by atoms with Gasteiger partial charge < -0.3 is 14.8 Å². The molecular formula is C11H12BNO3S2. The summed E-state index contributed by atoms with van der Waals surface area (Å²) < 4.78 is 6.55. The first-order chi connectivity index (χ1) is 8.75. The summed E-state index contributed by atoms with van der Waals surface area (Å²) in [5, 5.41) is 20.0. The van der Waals surface area contributed by atoms with Crippen LogP contribution in [0.1, 0.15) is 0 Å². The Balaban J connectivity index is 1.78. The summed E-state index contributed by atoms with van der Waals surface area (Å²) in [4.78, 5) is 4.16. The first-order valence-electron chi connectivity index (χ1n) is 5.37. The van der Waals surface area contributed by atoms with Gasteiger partial charge in [-0.15, -0.1) is 11.3 Å². The standard InChI is InChI=1S/C11H12BNO3S2/c14-12(15)9-2-1-3-10(8-9)16-5-7-18-11-13-4-6-17-11/h1-4,6,8,14-15H,5,7H2. The lowest BCUT2D eigenvalue weighted by Crippen LogP contribution is -2.29. The SMILES string of the molecule is OB(O)c1cccc(OCCSc2nccs2)c1. The van der Waals surface area contributed by atoms with Gasteiger partial charge in [0.15, 0.2) is 0 Å². The van der Waals surface area contributed by atoms with Gasteiger partial charge in [-0.05, 0) is 17.6 Å². The predicted octanol–water partition coefficient (Wildman–Crippen LogP) is 0.994. The molecule has 0 aliphatic heterocycles. The quantitative estimate of drug-likeness (QED) is 0.470. The van der Waals surface area contributed by atoms with E-state index < -0.39 is 7.12 Å². The van der Waals surface area contributed by atoms with Crippen LogP contribution in [-0.2, 0) is 0 Å². The van der Waals surface area contributed by atoms with Crippen molar-refractivity contribution in [1.29, 1.82) is 0 Å². The van der Waals surface area contributed by atoms with E-state index in [1.165, 1.54) is 0 Å². The van der Waals surface area contributed by atoms with Crippen molar-refractivity contribution in [2.45, 2.75) is 4.34 Å². The number of thiazole rings is 1. The molecule has 0 saturated carbocycles. The summed E-state index contributed by atoms with van der Waals surface area (Å²) in [5.74, 6) is 1.44. The van der Waals surface area contributed by atoms with E-state index in [1.54, 1.807) is 53.6 Å². The fourth-order valence-electron chi connectivity index (χ4n) is 1.34. The highest BCUT2D eigenvalue weighted by Crippen LogP contribution is 2.20. The third-order valence-electron chi connectivity index (χ3n) is 2.14. The number of benzene rings is 1. The number of hydrogen-bond donors (Lipinski definition) is 2. The zero-order chi connectivity index (χ0) is 12.8. The van der Waals surface area contributed by atoms with Crippen molar-refractivity contribution in [2.75, 3.05) is 12.4 Å². The second-order valence-electron chi connectivity index (χ2n) is 3.44. The normalized spacial score (nSPS) is 10.3. The van der Waals surface area contributed by atoms with E-state index in [0.29, 0.717) is 17.8 Å². The van der Waals surface area contributed by atoms with E-state index in [4.69, 9.17) is 14.8 Å². The van der Waals surface area contributed by atoms with Crippen molar-refractivity contribution in [3.63, 3.8) is 0 Å². The summed E-state index contributed by atoms with van der Waals surface area (Å²) in [5.41, 5.74) is 0.431. The summed E-state index contributed by atoms with van der Waals surface area (Å²) >= 11 is 3.25. The molecule has 0 unspecified atom stereocenters. The van der Waals surface area contributed by atoms with Crippen molar-refractivity contribution < 1.29 is 14.8 Å². The maximum absolute atomic E-state index is 9.03. The zero-order valence-electron chi connectivity index (χ0n) is 9.52. The molecular weight excluding hydrogens is 269 g/mol. The van der Waals surface area contributed by atoms with Gasteiger partial charge in [0, 0.05) is 17.3 Å². The fourth-order valence-corrected chi connectivity index (χ4v) is 2.86. The molecule has 1 aromatic carbocycles. The number of thioether (sulfide) groups is 1. The molecule has 0 fully saturated rings. The topological polar surface area (TPSA) is 62.6 Å². The van der Waals surface area contributed by atoms with Crippen molar-refractivity contribution >= 4 is 35.7 Å². The zero-order valence-corrected chi connectivity index (χ0v) is 11.2. The van der Waals surface area contributed by atoms with Crippen LogP contribution in [0.25, 0.3) is 0 Å². The van der Waals surface area contributed by atoms with Gasteiger partial charge in [0.1, 0.15) is 10.1 Å². The Labute approximate surface area is 114 Å². The van der Waals surface area contributed by atoms with Crippen LogP contribution in [0.5, 0.6) is 5.75 Å². The minimum Gasteiger partial charge on any atom is -0.493 e. The molecule has 2 rings (SSSR count). The predicted molar refractivity (Wildman–Crippen MR) is 74.6 cm³/mol. The summed E-state index contributed by atoms with van der Waals surface area (Å²) in [6.45, 7) is 0.551. The molecule has 0 bridgehead atoms. The molecule has 0 atom stereocenters. The van der Waals surface area contributed by atoms with Crippen LogP contribution in [0.3, 0.4) is 0 Å². The Morgan fingerprint density at radius 3 is 3.00 bits per heavy atom. The Morgan fingerprint density at radius 2 is 2.28 bits per heavy atom. The number of ether oxygens (including phenoxy) is 1. The Morgan fingerprint density at radius 1 is 1.39 bits per heavy atom. The molecule has 0 aliphatic carbocycles. The van der Waals surface area contributed by atoms with Gasteiger partial charge in [-0.3, -0.25) is 0 Å². The summed E-state index contributed by atoms with van der Waals surface area (Å²) in [7, 11) is -1.46. The largest absolute Gasteiger partial charge is 0.493 e. The van der Waals surface area contributed by atoms with E-state index >= 15 is 0 Å². The first-order valence-corrected chi connectivity index (χ1v) is 7.23. The highest BCUT2D eigenvalue weighted by atomic mass is 32.2. The molecule has 0 spiro atoms. The number of aromatic nitrogens is 1. The van der Waals surface area contributed by atoms with Crippen LogP contribution >= 0.6 is 23.1 Å². The van der Waals surface area contributed by atoms with Crippen LogP contribution in [0.2, 0.25) is 0 Å². The van der Waals surface area contributed by atoms with Gasteiger partial charge in [0.25, 0.3) is 0 Å². The molecule has 2 aromatic rings. The molecule has 2 N–H and O–H groups in total. The van der Waals surface area contributed by atoms with E-state index in [1.807, 2.05) is 5.38 Å². The number of nitrogens with zero attached hydrogens (tertiary/aromatic N) is 1. The molecule has 1 aromatic heterocycles. The summed E-state index contributed by atoms with van der Waals surface area (Å²) in [6.07, 6.45) is 1.78. The lowest BCUT2D eigenvalue weighted by atomic mass is 9.80. The molecule has 0 amide bonds. The third-order valence-corrected chi connectivity index (χ3v) is 4.07. The fraction of sp³-hybridized carbons (Fsp3) is 0.182. The third kappa shape index (κ3) is 4.02. The average Bonchev–Trinajstić information content (AvgIpc) is 2.88. The molecule has 7 heteroatoms. The van der Waals surface area contributed by atoms with E-state index in [2.05, 4.69) is 4.98 Å². The van der Waals surface area contributed by atoms with Crippen LogP contribution < -0.4 is 10.2 Å². The highest BCUT2D eigenvalue weighted by Gasteiger charge is 2.10. The minimum absolute atomic E-state index is 0.431. The van der Waals surface area contributed by atoms with Crippen LogP contribution in [0, 0.1) is 0 Å². The lowest BCUT2D eigenvalue weighted by molar-refractivity contribution is 0.344.